The molecule has 1 N–H and O–H groups in total. The molecule has 0 fully saturated rings. The summed E-state index contributed by atoms with van der Waals surface area (Å²) in [6.45, 7) is 6.50. The van der Waals surface area contributed by atoms with E-state index >= 15 is 0 Å². The predicted octanol–water partition coefficient (Wildman–Crippen LogP) is 4.18. The lowest BCUT2D eigenvalue weighted by Crippen LogP contribution is -2.13. The van der Waals surface area contributed by atoms with E-state index in [1.54, 1.807) is 32.9 Å². The molecule has 0 atom stereocenters. The Morgan fingerprint density at radius 1 is 0.800 bits per heavy atom. The molecule has 3 heteroatoms. The SMILES string of the molecule is Cc1ccc(CNCc2cc(C)c(F)c(C)c2)cc1F. The Kier molecular flexibility index (Phi) is 4.50. The summed E-state index contributed by atoms with van der Waals surface area (Å²) in [5.41, 5.74) is 3.91. The highest BCUT2D eigenvalue weighted by Gasteiger charge is 2.04. The van der Waals surface area contributed by atoms with Crippen molar-refractivity contribution in [2.24, 2.45) is 0 Å². The average molecular weight is 275 g/mol. The summed E-state index contributed by atoms with van der Waals surface area (Å²) in [4.78, 5) is 0. The molecule has 0 aliphatic rings. The lowest BCUT2D eigenvalue weighted by Gasteiger charge is -2.09. The van der Waals surface area contributed by atoms with Gasteiger partial charge in [0.05, 0.1) is 0 Å². The number of aryl methyl sites for hydroxylation is 3. The van der Waals surface area contributed by atoms with Crippen molar-refractivity contribution in [2.75, 3.05) is 0 Å². The maximum Gasteiger partial charge on any atom is 0.129 e. The summed E-state index contributed by atoms with van der Waals surface area (Å²) < 4.78 is 26.9. The summed E-state index contributed by atoms with van der Waals surface area (Å²) in [5.74, 6) is -0.327. The number of nitrogens with one attached hydrogen (secondary N) is 1. The van der Waals surface area contributed by atoms with Crippen molar-refractivity contribution >= 4 is 0 Å². The van der Waals surface area contributed by atoms with Crippen molar-refractivity contribution in [3.8, 4) is 0 Å². The van der Waals surface area contributed by atoms with Crippen LogP contribution in [0.2, 0.25) is 0 Å². The average Bonchev–Trinajstić information content (AvgIpc) is 2.40. The van der Waals surface area contributed by atoms with Crippen molar-refractivity contribution in [2.45, 2.75) is 33.9 Å². The molecule has 0 bridgehead atoms. The van der Waals surface area contributed by atoms with Crippen LogP contribution >= 0.6 is 0 Å². The number of rotatable bonds is 4. The van der Waals surface area contributed by atoms with E-state index in [-0.39, 0.29) is 11.6 Å². The molecule has 2 aromatic carbocycles. The van der Waals surface area contributed by atoms with Crippen molar-refractivity contribution in [1.82, 2.24) is 5.32 Å². The van der Waals surface area contributed by atoms with Gasteiger partial charge in [-0.25, -0.2) is 8.78 Å². The summed E-state index contributed by atoms with van der Waals surface area (Å²) in [6, 6.07) is 8.91. The molecule has 0 heterocycles. The van der Waals surface area contributed by atoms with E-state index < -0.39 is 0 Å². The smallest absolute Gasteiger partial charge is 0.129 e. The molecule has 106 valence electrons. The van der Waals surface area contributed by atoms with Gasteiger partial charge in [-0.05, 0) is 54.7 Å². The van der Waals surface area contributed by atoms with Crippen molar-refractivity contribution in [1.29, 1.82) is 0 Å². The minimum absolute atomic E-state index is 0.144. The second-order valence-electron chi connectivity index (χ2n) is 5.23. The highest BCUT2D eigenvalue weighted by atomic mass is 19.1. The van der Waals surface area contributed by atoms with Gasteiger partial charge in [-0.3, -0.25) is 0 Å². The summed E-state index contributed by atoms with van der Waals surface area (Å²) in [6.07, 6.45) is 0. The van der Waals surface area contributed by atoms with E-state index in [0.29, 0.717) is 29.8 Å². The van der Waals surface area contributed by atoms with Gasteiger partial charge in [0.1, 0.15) is 11.6 Å². The Balaban J connectivity index is 1.97. The Hall–Kier alpha value is -1.74. The third-order valence-corrected chi connectivity index (χ3v) is 3.39. The van der Waals surface area contributed by atoms with E-state index in [2.05, 4.69) is 5.32 Å². The molecule has 0 aromatic heterocycles. The molecule has 0 saturated heterocycles. The molecule has 2 aromatic rings. The number of benzene rings is 2. The van der Waals surface area contributed by atoms with Gasteiger partial charge in [0, 0.05) is 13.1 Å². The minimum atomic E-state index is -0.183. The van der Waals surface area contributed by atoms with Crippen molar-refractivity contribution < 1.29 is 8.78 Å². The van der Waals surface area contributed by atoms with Crippen LogP contribution in [0.1, 0.15) is 27.8 Å². The minimum Gasteiger partial charge on any atom is -0.309 e. The zero-order valence-electron chi connectivity index (χ0n) is 12.1. The Morgan fingerprint density at radius 2 is 1.40 bits per heavy atom. The molecule has 20 heavy (non-hydrogen) atoms. The van der Waals surface area contributed by atoms with Gasteiger partial charge in [0.25, 0.3) is 0 Å². The first-order valence-corrected chi connectivity index (χ1v) is 6.68. The van der Waals surface area contributed by atoms with Gasteiger partial charge >= 0.3 is 0 Å². The van der Waals surface area contributed by atoms with Crippen LogP contribution in [0.5, 0.6) is 0 Å². The third kappa shape index (κ3) is 3.42. The topological polar surface area (TPSA) is 12.0 Å². The molecule has 0 spiro atoms. The van der Waals surface area contributed by atoms with Crippen molar-refractivity contribution in [3.05, 3.63) is 69.8 Å². The molecule has 1 nitrogen and oxygen atoms in total. The van der Waals surface area contributed by atoms with Gasteiger partial charge in [0.15, 0.2) is 0 Å². The van der Waals surface area contributed by atoms with E-state index in [0.717, 1.165) is 11.1 Å². The molecule has 0 aliphatic heterocycles. The van der Waals surface area contributed by atoms with Crippen LogP contribution in [0.4, 0.5) is 8.78 Å². The molecule has 2 rings (SSSR count). The van der Waals surface area contributed by atoms with E-state index in [9.17, 15) is 8.78 Å². The molecule has 0 saturated carbocycles. The van der Waals surface area contributed by atoms with Crippen LogP contribution in [0.15, 0.2) is 30.3 Å². The predicted molar refractivity (Wildman–Crippen MR) is 77.6 cm³/mol. The first kappa shape index (κ1) is 14.7. The van der Waals surface area contributed by atoms with Gasteiger partial charge < -0.3 is 5.32 Å². The number of halogens is 2. The van der Waals surface area contributed by atoms with Crippen molar-refractivity contribution in [3.63, 3.8) is 0 Å². The third-order valence-electron chi connectivity index (χ3n) is 3.39. The molecule has 0 aliphatic carbocycles. The molecule has 0 radical (unpaired) electrons. The van der Waals surface area contributed by atoms with Crippen LogP contribution in [0.3, 0.4) is 0 Å². The highest BCUT2D eigenvalue weighted by Crippen LogP contribution is 2.15. The molecular weight excluding hydrogens is 256 g/mol. The van der Waals surface area contributed by atoms with Crippen LogP contribution < -0.4 is 5.32 Å². The van der Waals surface area contributed by atoms with Crippen LogP contribution in [-0.2, 0) is 13.1 Å². The summed E-state index contributed by atoms with van der Waals surface area (Å²) in [5, 5.41) is 3.25. The lowest BCUT2D eigenvalue weighted by atomic mass is 10.1. The monoisotopic (exact) mass is 275 g/mol. The van der Waals surface area contributed by atoms with Gasteiger partial charge in [-0.2, -0.15) is 0 Å². The second-order valence-corrected chi connectivity index (χ2v) is 5.23. The normalized spacial score (nSPS) is 10.8. The fraction of sp³-hybridized carbons (Fsp3) is 0.294. The quantitative estimate of drug-likeness (QED) is 0.882. The fourth-order valence-corrected chi connectivity index (χ4v) is 2.24. The molecule has 0 unspecified atom stereocenters. The van der Waals surface area contributed by atoms with E-state index in [1.807, 2.05) is 18.2 Å². The zero-order valence-corrected chi connectivity index (χ0v) is 12.1. The lowest BCUT2D eigenvalue weighted by molar-refractivity contribution is 0.604. The standard InChI is InChI=1S/C17H19F2N/c1-11-4-5-14(8-16(11)18)9-20-10-15-6-12(2)17(19)13(3)7-15/h4-8,20H,9-10H2,1-3H3. The van der Waals surface area contributed by atoms with Crippen LogP contribution in [-0.4, -0.2) is 0 Å². The Labute approximate surface area is 118 Å². The molecule has 0 amide bonds. The highest BCUT2D eigenvalue weighted by molar-refractivity contribution is 5.30. The Bertz CT molecular complexity index is 597. The number of hydrogen-bond donors (Lipinski definition) is 1. The fourth-order valence-electron chi connectivity index (χ4n) is 2.24. The van der Waals surface area contributed by atoms with E-state index in [4.69, 9.17) is 0 Å². The summed E-state index contributed by atoms with van der Waals surface area (Å²) >= 11 is 0. The summed E-state index contributed by atoms with van der Waals surface area (Å²) in [7, 11) is 0. The van der Waals surface area contributed by atoms with Crippen LogP contribution in [0, 0.1) is 32.4 Å². The first-order valence-electron chi connectivity index (χ1n) is 6.68. The van der Waals surface area contributed by atoms with Gasteiger partial charge in [-0.15, -0.1) is 0 Å². The molecular formula is C17H19F2N. The largest absolute Gasteiger partial charge is 0.309 e. The second kappa shape index (κ2) is 6.14. The first-order chi connectivity index (χ1) is 9.47. The van der Waals surface area contributed by atoms with E-state index in [1.165, 1.54) is 0 Å². The van der Waals surface area contributed by atoms with Gasteiger partial charge in [0.2, 0.25) is 0 Å². The number of hydrogen-bond acceptors (Lipinski definition) is 1. The maximum absolute atomic E-state index is 13.5. The zero-order chi connectivity index (χ0) is 14.7. The Morgan fingerprint density at radius 3 is 2.00 bits per heavy atom. The van der Waals surface area contributed by atoms with Gasteiger partial charge in [-0.1, -0.05) is 24.3 Å². The van der Waals surface area contributed by atoms with Crippen LogP contribution in [0.25, 0.3) is 0 Å². The maximum atomic E-state index is 13.5.